The van der Waals surface area contributed by atoms with E-state index in [9.17, 15) is 13.2 Å². The van der Waals surface area contributed by atoms with Crippen molar-refractivity contribution in [3.63, 3.8) is 0 Å². The van der Waals surface area contributed by atoms with E-state index in [0.717, 1.165) is 24.5 Å². The molecule has 1 N–H and O–H groups in total. The molecule has 0 spiro atoms. The third-order valence-corrected chi connectivity index (χ3v) is 9.52. The fourth-order valence-electron chi connectivity index (χ4n) is 4.42. The van der Waals surface area contributed by atoms with Crippen molar-refractivity contribution in [3.05, 3.63) is 34.1 Å². The van der Waals surface area contributed by atoms with Gasteiger partial charge in [0.2, 0.25) is 15.9 Å². The van der Waals surface area contributed by atoms with Crippen LogP contribution in [0.25, 0.3) is 0 Å². The smallest absolute Gasteiger partial charge is 0.246 e. The lowest BCUT2D eigenvalue weighted by Gasteiger charge is -2.30. The number of sulfonamides is 1. The summed E-state index contributed by atoms with van der Waals surface area (Å²) in [4.78, 5) is 22.6. The van der Waals surface area contributed by atoms with E-state index in [1.165, 1.54) is 40.7 Å². The van der Waals surface area contributed by atoms with E-state index < -0.39 is 10.0 Å². The summed E-state index contributed by atoms with van der Waals surface area (Å²) in [7, 11) is -3.72. The van der Waals surface area contributed by atoms with E-state index in [0.29, 0.717) is 18.0 Å². The molecule has 3 heterocycles. The maximum atomic E-state index is 12.9. The molecular weight excluding hydrogens is 456 g/mol. The van der Waals surface area contributed by atoms with E-state index in [-0.39, 0.29) is 35.0 Å². The Hall–Kier alpha value is -1.55. The Morgan fingerprint density at radius 3 is 2.81 bits per heavy atom. The summed E-state index contributed by atoms with van der Waals surface area (Å²) in [6.45, 7) is 2.77. The van der Waals surface area contributed by atoms with Crippen molar-refractivity contribution in [2.45, 2.75) is 56.8 Å². The molecule has 1 amide bonds. The van der Waals surface area contributed by atoms with Crippen molar-refractivity contribution >= 4 is 44.0 Å². The van der Waals surface area contributed by atoms with Crippen molar-refractivity contribution in [2.24, 2.45) is 11.8 Å². The number of thiazole rings is 1. The van der Waals surface area contributed by atoms with Crippen LogP contribution in [-0.2, 0) is 27.7 Å². The van der Waals surface area contributed by atoms with E-state index in [1.807, 2.05) is 0 Å². The lowest BCUT2D eigenvalue weighted by atomic mass is 9.88. The number of carbonyl (C=O) groups is 1. The molecule has 1 saturated heterocycles. The van der Waals surface area contributed by atoms with Crippen LogP contribution in [0.1, 0.15) is 49.6 Å². The number of fused-ring (bicyclic) bond motifs is 1. The number of hydrogen-bond acceptors (Lipinski definition) is 6. The summed E-state index contributed by atoms with van der Waals surface area (Å²) in [6, 6.07) is 3.01. The highest BCUT2D eigenvalue weighted by Crippen LogP contribution is 2.34. The zero-order chi connectivity index (χ0) is 22.0. The van der Waals surface area contributed by atoms with Crippen LogP contribution in [0, 0.1) is 11.8 Å². The highest BCUT2D eigenvalue weighted by Gasteiger charge is 2.34. The van der Waals surface area contributed by atoms with Gasteiger partial charge in [0.05, 0.1) is 5.69 Å². The normalized spacial score (nSPS) is 20.4. The molecule has 0 aromatic carbocycles. The minimum atomic E-state index is -3.72. The maximum absolute atomic E-state index is 12.9. The van der Waals surface area contributed by atoms with Gasteiger partial charge >= 0.3 is 0 Å². The molecule has 0 bridgehead atoms. The highest BCUT2D eigenvalue weighted by atomic mass is 35.5. The molecule has 7 nitrogen and oxygen atoms in total. The first-order chi connectivity index (χ1) is 14.9. The van der Waals surface area contributed by atoms with Gasteiger partial charge in [0.1, 0.15) is 10.0 Å². The Morgan fingerprint density at radius 2 is 2.10 bits per heavy atom. The lowest BCUT2D eigenvalue weighted by molar-refractivity contribution is -0.120. The lowest BCUT2D eigenvalue weighted by Crippen LogP contribution is -2.41. The van der Waals surface area contributed by atoms with E-state index in [1.54, 1.807) is 17.4 Å². The second-order valence-electron chi connectivity index (χ2n) is 8.25. The van der Waals surface area contributed by atoms with Gasteiger partial charge in [-0.3, -0.25) is 4.79 Å². The number of hydrogen-bond donors (Lipinski definition) is 1. The standard InChI is InChI=1S/C21H27ClN4O3S2/c1-2-4-14-6-7-16-17(13-14)30-21(24-16)25-20(27)15-8-11-26(12-9-15)31(28,29)18-5-3-10-23-19(18)22/h3,5,10,14-15H,2,4,6-9,11-13H2,1H3,(H,24,25,27). The number of carbonyl (C=O) groups excluding carboxylic acids is 1. The fraction of sp³-hybridized carbons (Fsp3) is 0.571. The molecule has 1 aliphatic heterocycles. The Labute approximate surface area is 192 Å². The SMILES string of the molecule is CCCC1CCc2nc(NC(=O)C3CCN(S(=O)(=O)c4cccnc4Cl)CC3)sc2C1. The Kier molecular flexibility index (Phi) is 6.95. The zero-order valence-corrected chi connectivity index (χ0v) is 19.9. The van der Waals surface area contributed by atoms with E-state index in [4.69, 9.17) is 11.6 Å². The number of amides is 1. The van der Waals surface area contributed by atoms with Crippen LogP contribution in [0.15, 0.2) is 23.2 Å². The van der Waals surface area contributed by atoms with Gasteiger partial charge in [-0.1, -0.05) is 31.4 Å². The molecule has 1 aliphatic carbocycles. The quantitative estimate of drug-likeness (QED) is 0.625. The van der Waals surface area contributed by atoms with Gasteiger partial charge in [0, 0.05) is 30.1 Å². The summed E-state index contributed by atoms with van der Waals surface area (Å²) in [5.41, 5.74) is 1.13. The number of anilines is 1. The van der Waals surface area contributed by atoms with Crippen LogP contribution in [0.5, 0.6) is 0 Å². The average Bonchev–Trinajstić information content (AvgIpc) is 3.15. The van der Waals surface area contributed by atoms with Gasteiger partial charge in [-0.2, -0.15) is 4.31 Å². The molecule has 2 aromatic heterocycles. The first kappa shape index (κ1) is 22.6. The van der Waals surface area contributed by atoms with E-state index in [2.05, 4.69) is 22.2 Å². The first-order valence-corrected chi connectivity index (χ1v) is 13.4. The summed E-state index contributed by atoms with van der Waals surface area (Å²) < 4.78 is 27.1. The molecule has 0 saturated carbocycles. The third-order valence-electron chi connectivity index (χ3n) is 6.14. The Bertz CT molecular complexity index is 1050. The third kappa shape index (κ3) is 4.94. The number of aryl methyl sites for hydroxylation is 1. The molecule has 10 heteroatoms. The molecule has 168 valence electrons. The Balaban J connectivity index is 1.35. The maximum Gasteiger partial charge on any atom is 0.246 e. The number of pyridine rings is 1. The molecule has 2 aromatic rings. The van der Waals surface area contributed by atoms with Crippen LogP contribution in [0.3, 0.4) is 0 Å². The van der Waals surface area contributed by atoms with Crippen LogP contribution in [0.4, 0.5) is 5.13 Å². The number of aromatic nitrogens is 2. The predicted octanol–water partition coefficient (Wildman–Crippen LogP) is 4.14. The minimum absolute atomic E-state index is 0.00862. The topological polar surface area (TPSA) is 92.3 Å². The second kappa shape index (κ2) is 9.52. The molecule has 1 atom stereocenters. The van der Waals surface area contributed by atoms with Gasteiger partial charge in [0.15, 0.2) is 5.13 Å². The van der Waals surface area contributed by atoms with Gasteiger partial charge < -0.3 is 5.32 Å². The van der Waals surface area contributed by atoms with Crippen LogP contribution >= 0.6 is 22.9 Å². The van der Waals surface area contributed by atoms with Gasteiger partial charge in [-0.25, -0.2) is 18.4 Å². The van der Waals surface area contributed by atoms with Crippen molar-refractivity contribution in [3.8, 4) is 0 Å². The highest BCUT2D eigenvalue weighted by molar-refractivity contribution is 7.89. The van der Waals surface area contributed by atoms with Crippen molar-refractivity contribution in [1.29, 1.82) is 0 Å². The van der Waals surface area contributed by atoms with Crippen LogP contribution < -0.4 is 5.32 Å². The molecular formula is C21H27ClN4O3S2. The van der Waals surface area contributed by atoms with E-state index >= 15 is 0 Å². The molecule has 1 fully saturated rings. The van der Waals surface area contributed by atoms with Gasteiger partial charge in [0.25, 0.3) is 0 Å². The zero-order valence-electron chi connectivity index (χ0n) is 17.5. The molecule has 2 aliphatic rings. The molecule has 4 rings (SSSR count). The number of nitrogens with one attached hydrogen (secondary N) is 1. The summed E-state index contributed by atoms with van der Waals surface area (Å²) in [5, 5.41) is 3.62. The molecule has 0 radical (unpaired) electrons. The summed E-state index contributed by atoms with van der Waals surface area (Å²) >= 11 is 7.57. The van der Waals surface area contributed by atoms with Gasteiger partial charge in [-0.15, -0.1) is 11.3 Å². The van der Waals surface area contributed by atoms with Crippen molar-refractivity contribution < 1.29 is 13.2 Å². The van der Waals surface area contributed by atoms with Crippen molar-refractivity contribution in [2.75, 3.05) is 18.4 Å². The minimum Gasteiger partial charge on any atom is -0.302 e. The summed E-state index contributed by atoms with van der Waals surface area (Å²) in [5.74, 6) is 0.415. The number of rotatable bonds is 6. The van der Waals surface area contributed by atoms with Gasteiger partial charge in [-0.05, 0) is 50.2 Å². The fourth-order valence-corrected chi connectivity index (χ4v) is 7.44. The Morgan fingerprint density at radius 1 is 1.32 bits per heavy atom. The molecule has 1 unspecified atom stereocenters. The monoisotopic (exact) mass is 482 g/mol. The predicted molar refractivity (Wildman–Crippen MR) is 122 cm³/mol. The molecule has 31 heavy (non-hydrogen) atoms. The van der Waals surface area contributed by atoms with Crippen LogP contribution in [-0.4, -0.2) is 41.7 Å². The van der Waals surface area contributed by atoms with Crippen LogP contribution in [0.2, 0.25) is 5.15 Å². The number of nitrogens with zero attached hydrogens (tertiary/aromatic N) is 3. The number of piperidine rings is 1. The summed E-state index contributed by atoms with van der Waals surface area (Å²) in [6.07, 6.45) is 8.04. The first-order valence-electron chi connectivity index (χ1n) is 10.8. The van der Waals surface area contributed by atoms with Crippen molar-refractivity contribution in [1.82, 2.24) is 14.3 Å². The average molecular weight is 483 g/mol. The second-order valence-corrected chi connectivity index (χ2v) is 11.6. The number of halogens is 1. The largest absolute Gasteiger partial charge is 0.302 e.